The second-order valence-electron chi connectivity index (χ2n) is 10.9. The first kappa shape index (κ1) is 33.2. The number of ether oxygens (including phenoxy) is 5. The maximum atomic E-state index is 13.9. The van der Waals surface area contributed by atoms with Crippen LogP contribution < -0.4 is 34.5 Å². The minimum atomic E-state index is -0.843. The lowest BCUT2D eigenvalue weighted by molar-refractivity contribution is 0.341. The van der Waals surface area contributed by atoms with Crippen molar-refractivity contribution in [2.75, 3.05) is 35.5 Å². The summed E-state index contributed by atoms with van der Waals surface area (Å²) in [5.74, 6) is -4.19. The van der Waals surface area contributed by atoms with Gasteiger partial charge in [0.05, 0.1) is 35.5 Å². The van der Waals surface area contributed by atoms with E-state index >= 15 is 0 Å². The first-order chi connectivity index (χ1) is 24.0. The highest BCUT2D eigenvalue weighted by Crippen LogP contribution is 2.51. The van der Waals surface area contributed by atoms with E-state index in [0.717, 1.165) is 14.2 Å². The molecule has 50 heavy (non-hydrogen) atoms. The highest BCUT2D eigenvalue weighted by atomic mass is 16.5. The molecule has 2 aromatic heterocycles. The highest BCUT2D eigenvalue weighted by molar-refractivity contribution is 5.97. The number of benzene rings is 4. The molecule has 0 spiro atoms. The summed E-state index contributed by atoms with van der Waals surface area (Å²) in [6.07, 6.45) is -0.556. The molecule has 258 valence electrons. The molecule has 2 heterocycles. The Morgan fingerprint density at radius 2 is 0.880 bits per heavy atom. The molecule has 14 nitrogen and oxygen atoms in total. The zero-order chi connectivity index (χ0) is 36.0. The number of methoxy groups -OCH3 is 5. The lowest BCUT2D eigenvalue weighted by Gasteiger charge is -2.19. The summed E-state index contributed by atoms with van der Waals surface area (Å²) >= 11 is 0. The van der Waals surface area contributed by atoms with E-state index in [4.69, 9.17) is 32.5 Å². The van der Waals surface area contributed by atoms with Crippen LogP contribution in [0, 0.1) is 0 Å². The number of fused-ring (bicyclic) bond motifs is 2. The zero-order valence-corrected chi connectivity index (χ0v) is 27.2. The van der Waals surface area contributed by atoms with E-state index in [1.54, 1.807) is 24.3 Å². The Hall–Kier alpha value is -6.70. The Morgan fingerprint density at radius 3 is 1.24 bits per heavy atom. The summed E-state index contributed by atoms with van der Waals surface area (Å²) in [5, 5.41) is 54.3. The Morgan fingerprint density at radius 1 is 0.500 bits per heavy atom. The molecule has 0 amide bonds. The molecular formula is C36H30O14. The van der Waals surface area contributed by atoms with Crippen LogP contribution in [0.3, 0.4) is 0 Å². The molecule has 0 unspecified atom stereocenters. The van der Waals surface area contributed by atoms with Crippen LogP contribution in [-0.2, 0) is 6.42 Å². The van der Waals surface area contributed by atoms with Crippen LogP contribution in [0.25, 0.3) is 44.6 Å². The average molecular weight is 687 g/mol. The van der Waals surface area contributed by atoms with Gasteiger partial charge in [-0.05, 0) is 48.5 Å². The van der Waals surface area contributed by atoms with Crippen molar-refractivity contribution in [2.24, 2.45) is 0 Å². The molecule has 5 N–H and O–H groups in total. The number of phenolic OH excluding ortho intramolecular Hbond substituents is 5. The Labute approximate surface area is 282 Å². The van der Waals surface area contributed by atoms with Crippen LogP contribution >= 0.6 is 0 Å². The largest absolute Gasteiger partial charge is 0.508 e. The quantitative estimate of drug-likeness (QED) is 0.129. The first-order valence-electron chi connectivity index (χ1n) is 14.8. The van der Waals surface area contributed by atoms with Crippen molar-refractivity contribution in [3.05, 3.63) is 80.1 Å². The first-order valence-corrected chi connectivity index (χ1v) is 14.8. The lowest BCUT2D eigenvalue weighted by atomic mass is 9.96. The molecule has 6 rings (SSSR count). The van der Waals surface area contributed by atoms with Crippen molar-refractivity contribution < 1.29 is 58.1 Å². The molecule has 14 heteroatoms. The van der Waals surface area contributed by atoms with Gasteiger partial charge in [-0.2, -0.15) is 0 Å². The molecule has 6 aromatic rings. The molecule has 0 fully saturated rings. The highest BCUT2D eigenvalue weighted by Gasteiger charge is 2.32. The Kier molecular flexibility index (Phi) is 8.45. The monoisotopic (exact) mass is 686 g/mol. The van der Waals surface area contributed by atoms with Crippen molar-refractivity contribution in [3.8, 4) is 80.1 Å². The minimum absolute atomic E-state index is 0.0627. The molecule has 4 aromatic carbocycles. The summed E-state index contributed by atoms with van der Waals surface area (Å²) in [6.45, 7) is 0. The van der Waals surface area contributed by atoms with E-state index in [9.17, 15) is 35.1 Å². The molecule has 0 aliphatic rings. The van der Waals surface area contributed by atoms with Gasteiger partial charge in [-0.1, -0.05) is 0 Å². The summed E-state index contributed by atoms with van der Waals surface area (Å²) < 4.78 is 39.0. The summed E-state index contributed by atoms with van der Waals surface area (Å²) in [5.41, 5.74) is -2.07. The normalized spacial score (nSPS) is 11.1. The van der Waals surface area contributed by atoms with Gasteiger partial charge in [0.25, 0.3) is 0 Å². The van der Waals surface area contributed by atoms with Gasteiger partial charge in [-0.25, -0.2) is 0 Å². The predicted molar refractivity (Wildman–Crippen MR) is 180 cm³/mol. The molecule has 0 saturated heterocycles. The Bertz CT molecular complexity index is 2410. The number of hydrogen-bond donors (Lipinski definition) is 5. The lowest BCUT2D eigenvalue weighted by Crippen LogP contribution is -2.11. The van der Waals surface area contributed by atoms with Gasteiger partial charge in [0, 0.05) is 28.7 Å². The van der Waals surface area contributed by atoms with E-state index in [1.165, 1.54) is 45.6 Å². The molecule has 0 aliphatic carbocycles. The second-order valence-corrected chi connectivity index (χ2v) is 10.9. The summed E-state index contributed by atoms with van der Waals surface area (Å²) in [4.78, 5) is 27.8. The number of hydrogen-bond acceptors (Lipinski definition) is 14. The van der Waals surface area contributed by atoms with Crippen LogP contribution in [0.15, 0.2) is 67.0 Å². The summed E-state index contributed by atoms with van der Waals surface area (Å²) in [7, 11) is 6.26. The molecule has 0 bridgehead atoms. The van der Waals surface area contributed by atoms with Crippen LogP contribution in [0.2, 0.25) is 0 Å². The zero-order valence-electron chi connectivity index (χ0n) is 27.2. The fourth-order valence-corrected chi connectivity index (χ4v) is 5.83. The van der Waals surface area contributed by atoms with Gasteiger partial charge in [0.15, 0.2) is 34.5 Å². The van der Waals surface area contributed by atoms with E-state index in [-0.39, 0.29) is 51.1 Å². The summed E-state index contributed by atoms with van der Waals surface area (Å²) in [6, 6.07) is 12.1. The maximum absolute atomic E-state index is 13.9. The van der Waals surface area contributed by atoms with Gasteiger partial charge in [-0.15, -0.1) is 0 Å². The van der Waals surface area contributed by atoms with Crippen molar-refractivity contribution in [2.45, 2.75) is 6.42 Å². The average Bonchev–Trinajstić information content (AvgIpc) is 3.11. The van der Waals surface area contributed by atoms with E-state index in [2.05, 4.69) is 0 Å². The molecule has 0 radical (unpaired) electrons. The van der Waals surface area contributed by atoms with E-state index < -0.39 is 62.5 Å². The maximum Gasteiger partial charge on any atom is 0.239 e. The molecule has 0 aliphatic heterocycles. The van der Waals surface area contributed by atoms with Crippen LogP contribution in [0.1, 0.15) is 11.1 Å². The van der Waals surface area contributed by atoms with Crippen molar-refractivity contribution in [1.29, 1.82) is 0 Å². The fraction of sp³-hybridized carbons (Fsp3) is 0.167. The third kappa shape index (κ3) is 5.05. The Balaban J connectivity index is 1.73. The fourth-order valence-electron chi connectivity index (χ4n) is 5.83. The SMILES string of the molecule is COc1ccc(-c2oc3c(Cc4c(O)c(OC)c(O)c5c(=O)c(OC)c(-c6ccc(O)cc6)oc45)c(O)c(OC)c(O)c3c(=O)c2OC)cc1. The molecule has 0 atom stereocenters. The van der Waals surface area contributed by atoms with Crippen LogP contribution in [0.4, 0.5) is 0 Å². The van der Waals surface area contributed by atoms with Gasteiger partial charge in [0.2, 0.25) is 33.9 Å². The van der Waals surface area contributed by atoms with Crippen LogP contribution in [0.5, 0.6) is 57.5 Å². The number of phenols is 5. The van der Waals surface area contributed by atoms with Crippen molar-refractivity contribution in [3.63, 3.8) is 0 Å². The van der Waals surface area contributed by atoms with Crippen molar-refractivity contribution in [1.82, 2.24) is 0 Å². The molecular weight excluding hydrogens is 656 g/mol. The van der Waals surface area contributed by atoms with Crippen molar-refractivity contribution >= 4 is 21.9 Å². The molecule has 0 saturated carbocycles. The second kappa shape index (κ2) is 12.7. The topological polar surface area (TPSA) is 208 Å². The van der Waals surface area contributed by atoms with Gasteiger partial charge >= 0.3 is 0 Å². The minimum Gasteiger partial charge on any atom is -0.508 e. The standard InChI is InChI=1S/C36H30O14/c1-44-18-12-8-16(9-13-18)30-36(48-5)28(43)22-26(41)34(46-3)24(39)20(32(22)50-30)14-19-23(38)33(45-2)25(40)21-27(42)35(47-4)29(49-31(19)21)15-6-10-17(37)11-7-15/h6-13,37-41H,14H2,1-5H3. The van der Waals surface area contributed by atoms with E-state index in [1.807, 2.05) is 0 Å². The third-order valence-electron chi connectivity index (χ3n) is 8.25. The van der Waals surface area contributed by atoms with Crippen LogP contribution in [-0.4, -0.2) is 61.1 Å². The number of rotatable bonds is 9. The smallest absolute Gasteiger partial charge is 0.239 e. The predicted octanol–water partition coefficient (Wildman–Crippen LogP) is 5.40. The van der Waals surface area contributed by atoms with E-state index in [0.29, 0.717) is 16.9 Å². The van der Waals surface area contributed by atoms with Gasteiger partial charge < -0.3 is 58.1 Å². The van der Waals surface area contributed by atoms with Gasteiger partial charge in [0.1, 0.15) is 33.4 Å². The number of aromatic hydroxyl groups is 5. The van der Waals surface area contributed by atoms with Gasteiger partial charge in [-0.3, -0.25) is 9.59 Å². The third-order valence-corrected chi connectivity index (χ3v) is 8.25.